The van der Waals surface area contributed by atoms with Crippen molar-refractivity contribution in [3.8, 4) is 0 Å². The van der Waals surface area contributed by atoms with Crippen LogP contribution in [-0.4, -0.2) is 48.3 Å². The normalized spacial score (nSPS) is 38.5. The minimum atomic E-state index is 0.242. The van der Waals surface area contributed by atoms with Crippen molar-refractivity contribution in [2.24, 2.45) is 5.92 Å². The van der Waals surface area contributed by atoms with E-state index < -0.39 is 0 Å². The molecular formula is C15H30N2O. The number of nitrogens with one attached hydrogen (secondary N) is 1. The fourth-order valence-corrected chi connectivity index (χ4v) is 3.20. The third kappa shape index (κ3) is 3.69. The highest BCUT2D eigenvalue weighted by Gasteiger charge is 2.38. The van der Waals surface area contributed by atoms with E-state index >= 15 is 0 Å². The number of rotatable bonds is 3. The topological polar surface area (TPSA) is 24.5 Å². The molecule has 1 saturated heterocycles. The molecule has 0 amide bonds. The molecule has 1 saturated carbocycles. The summed E-state index contributed by atoms with van der Waals surface area (Å²) in [5, 5.41) is 3.66. The Balaban J connectivity index is 1.82. The van der Waals surface area contributed by atoms with Gasteiger partial charge in [0.05, 0.1) is 12.2 Å². The van der Waals surface area contributed by atoms with Crippen molar-refractivity contribution in [1.29, 1.82) is 0 Å². The van der Waals surface area contributed by atoms with Crippen molar-refractivity contribution < 1.29 is 4.74 Å². The van der Waals surface area contributed by atoms with Crippen LogP contribution >= 0.6 is 0 Å². The Morgan fingerprint density at radius 3 is 2.17 bits per heavy atom. The molecular weight excluding hydrogens is 224 g/mol. The third-order valence-electron chi connectivity index (χ3n) is 4.19. The second-order valence-corrected chi connectivity index (χ2v) is 7.25. The van der Waals surface area contributed by atoms with Crippen LogP contribution in [0.25, 0.3) is 0 Å². The van der Waals surface area contributed by atoms with Crippen LogP contribution in [0.2, 0.25) is 0 Å². The van der Waals surface area contributed by atoms with Crippen LogP contribution in [0.1, 0.15) is 47.5 Å². The monoisotopic (exact) mass is 254 g/mol. The van der Waals surface area contributed by atoms with Gasteiger partial charge < -0.3 is 10.1 Å². The Kier molecular flexibility index (Phi) is 4.35. The minimum absolute atomic E-state index is 0.242. The summed E-state index contributed by atoms with van der Waals surface area (Å²) in [5.74, 6) is 0.835. The fourth-order valence-electron chi connectivity index (χ4n) is 3.20. The zero-order valence-electron chi connectivity index (χ0n) is 12.7. The molecule has 3 nitrogen and oxygen atoms in total. The van der Waals surface area contributed by atoms with E-state index in [9.17, 15) is 0 Å². The highest BCUT2D eigenvalue weighted by molar-refractivity contribution is 4.93. The first-order valence-electron chi connectivity index (χ1n) is 7.49. The summed E-state index contributed by atoms with van der Waals surface area (Å²) in [5.41, 5.74) is 0.242. The van der Waals surface area contributed by atoms with E-state index in [4.69, 9.17) is 4.74 Å². The molecule has 2 aliphatic rings. The van der Waals surface area contributed by atoms with Crippen LogP contribution in [0.5, 0.6) is 0 Å². The Labute approximate surface area is 112 Å². The van der Waals surface area contributed by atoms with Crippen molar-refractivity contribution in [3.63, 3.8) is 0 Å². The lowest BCUT2D eigenvalue weighted by atomic mass is 9.77. The lowest BCUT2D eigenvalue weighted by molar-refractivity contribution is -0.101. The molecule has 3 heteroatoms. The standard InChI is InChI=1S/C15H30N2O/c1-11-9-17(10-12(2)18-11)14-7-6-13(14)8-16-15(3,4)5/h11-14,16H,6-10H2,1-5H3. The van der Waals surface area contributed by atoms with E-state index in [0.29, 0.717) is 12.2 Å². The predicted molar refractivity (Wildman–Crippen MR) is 75.8 cm³/mol. The molecule has 0 bridgehead atoms. The molecule has 106 valence electrons. The Morgan fingerprint density at radius 2 is 1.72 bits per heavy atom. The first-order chi connectivity index (χ1) is 8.35. The first-order valence-corrected chi connectivity index (χ1v) is 7.49. The predicted octanol–water partition coefficient (Wildman–Crippen LogP) is 2.26. The molecule has 0 aromatic heterocycles. The van der Waals surface area contributed by atoms with Gasteiger partial charge in [-0.05, 0) is 59.9 Å². The molecule has 0 aromatic carbocycles. The van der Waals surface area contributed by atoms with Crippen molar-refractivity contribution >= 4 is 0 Å². The van der Waals surface area contributed by atoms with Gasteiger partial charge in [0, 0.05) is 24.7 Å². The van der Waals surface area contributed by atoms with Gasteiger partial charge in [-0.15, -0.1) is 0 Å². The van der Waals surface area contributed by atoms with Gasteiger partial charge in [0.25, 0.3) is 0 Å². The van der Waals surface area contributed by atoms with Gasteiger partial charge in [0.1, 0.15) is 0 Å². The third-order valence-corrected chi connectivity index (χ3v) is 4.19. The Hall–Kier alpha value is -0.120. The second-order valence-electron chi connectivity index (χ2n) is 7.25. The summed E-state index contributed by atoms with van der Waals surface area (Å²) in [6.07, 6.45) is 3.54. The maximum absolute atomic E-state index is 5.83. The maximum atomic E-state index is 5.83. The SMILES string of the molecule is CC1CN(C2CCC2CNC(C)(C)C)CC(C)O1. The molecule has 0 aromatic rings. The van der Waals surface area contributed by atoms with Gasteiger partial charge in [0.15, 0.2) is 0 Å². The average Bonchev–Trinajstić information content (AvgIpc) is 2.11. The summed E-state index contributed by atoms with van der Waals surface area (Å²) < 4.78 is 5.83. The smallest absolute Gasteiger partial charge is 0.0678 e. The minimum Gasteiger partial charge on any atom is -0.373 e. The van der Waals surface area contributed by atoms with Crippen LogP contribution in [0.15, 0.2) is 0 Å². The van der Waals surface area contributed by atoms with Gasteiger partial charge in [-0.2, -0.15) is 0 Å². The molecule has 0 radical (unpaired) electrons. The molecule has 0 spiro atoms. The van der Waals surface area contributed by atoms with Crippen LogP contribution in [0.3, 0.4) is 0 Å². The van der Waals surface area contributed by atoms with Gasteiger partial charge >= 0.3 is 0 Å². The van der Waals surface area contributed by atoms with Gasteiger partial charge in [-0.25, -0.2) is 0 Å². The summed E-state index contributed by atoms with van der Waals surface area (Å²) in [6, 6.07) is 0.786. The van der Waals surface area contributed by atoms with E-state index in [-0.39, 0.29) is 5.54 Å². The molecule has 18 heavy (non-hydrogen) atoms. The number of hydrogen-bond donors (Lipinski definition) is 1. The Morgan fingerprint density at radius 1 is 1.11 bits per heavy atom. The average molecular weight is 254 g/mol. The quantitative estimate of drug-likeness (QED) is 0.836. The number of morpholine rings is 1. The molecule has 4 atom stereocenters. The molecule has 1 aliphatic carbocycles. The van der Waals surface area contributed by atoms with Crippen LogP contribution in [0, 0.1) is 5.92 Å². The summed E-state index contributed by atoms with van der Waals surface area (Å²) in [6.45, 7) is 14.5. The fraction of sp³-hybridized carbons (Fsp3) is 1.00. The first kappa shape index (κ1) is 14.3. The van der Waals surface area contributed by atoms with Crippen molar-refractivity contribution in [2.45, 2.75) is 71.2 Å². The van der Waals surface area contributed by atoms with Crippen LogP contribution in [-0.2, 0) is 4.74 Å². The molecule has 1 aliphatic heterocycles. The lowest BCUT2D eigenvalue weighted by Crippen LogP contribution is -2.58. The molecule has 1 heterocycles. The molecule has 2 fully saturated rings. The molecule has 2 rings (SSSR count). The maximum Gasteiger partial charge on any atom is 0.0678 e. The summed E-state index contributed by atoms with van der Waals surface area (Å²) in [4.78, 5) is 2.66. The molecule has 4 unspecified atom stereocenters. The van der Waals surface area contributed by atoms with Crippen LogP contribution < -0.4 is 5.32 Å². The summed E-state index contributed by atoms with van der Waals surface area (Å²) >= 11 is 0. The van der Waals surface area contributed by atoms with Crippen molar-refractivity contribution in [3.05, 3.63) is 0 Å². The largest absolute Gasteiger partial charge is 0.373 e. The van der Waals surface area contributed by atoms with E-state index in [1.165, 1.54) is 12.8 Å². The van der Waals surface area contributed by atoms with Gasteiger partial charge in [-0.3, -0.25) is 4.90 Å². The number of ether oxygens (including phenoxy) is 1. The highest BCUT2D eigenvalue weighted by Crippen LogP contribution is 2.33. The van der Waals surface area contributed by atoms with E-state index in [2.05, 4.69) is 44.8 Å². The number of nitrogens with zero attached hydrogens (tertiary/aromatic N) is 1. The van der Waals surface area contributed by atoms with Gasteiger partial charge in [-0.1, -0.05) is 0 Å². The number of hydrogen-bond acceptors (Lipinski definition) is 3. The van der Waals surface area contributed by atoms with E-state index in [1.807, 2.05) is 0 Å². The lowest BCUT2D eigenvalue weighted by Gasteiger charge is -2.49. The zero-order valence-corrected chi connectivity index (χ0v) is 12.7. The second kappa shape index (κ2) is 5.48. The van der Waals surface area contributed by atoms with Crippen LogP contribution in [0.4, 0.5) is 0 Å². The van der Waals surface area contributed by atoms with Crippen molar-refractivity contribution in [1.82, 2.24) is 10.2 Å². The highest BCUT2D eigenvalue weighted by atomic mass is 16.5. The van der Waals surface area contributed by atoms with E-state index in [1.54, 1.807) is 0 Å². The van der Waals surface area contributed by atoms with E-state index in [0.717, 1.165) is 31.6 Å². The Bertz CT molecular complexity index is 264. The summed E-state index contributed by atoms with van der Waals surface area (Å²) in [7, 11) is 0. The molecule has 1 N–H and O–H groups in total. The zero-order chi connectivity index (χ0) is 13.3. The van der Waals surface area contributed by atoms with Crippen molar-refractivity contribution in [2.75, 3.05) is 19.6 Å². The van der Waals surface area contributed by atoms with Gasteiger partial charge in [0.2, 0.25) is 0 Å².